The summed E-state index contributed by atoms with van der Waals surface area (Å²) in [6, 6.07) is 17.4. The summed E-state index contributed by atoms with van der Waals surface area (Å²) >= 11 is 2.19. The number of aromatic nitrogens is 2. The van der Waals surface area contributed by atoms with Crippen LogP contribution in [0.5, 0.6) is 5.75 Å². The normalized spacial score (nSPS) is 17.5. The summed E-state index contributed by atoms with van der Waals surface area (Å²) in [5, 5.41) is 9.57. The van der Waals surface area contributed by atoms with Crippen molar-refractivity contribution >= 4 is 40.3 Å². The smallest absolute Gasteiger partial charge is 0.281 e. The predicted octanol–water partition coefficient (Wildman–Crippen LogP) is 3.50. The van der Waals surface area contributed by atoms with Gasteiger partial charge in [0, 0.05) is 29.1 Å². The van der Waals surface area contributed by atoms with Gasteiger partial charge in [0.15, 0.2) is 15.3 Å². The number of halogens is 1. The lowest BCUT2D eigenvalue weighted by atomic mass is 10.1. The number of phenols is 1. The van der Waals surface area contributed by atoms with Crippen molar-refractivity contribution in [3.8, 4) is 5.75 Å². The molecule has 0 unspecified atom stereocenters. The van der Waals surface area contributed by atoms with Crippen LogP contribution in [0.4, 0.5) is 5.82 Å². The van der Waals surface area contributed by atoms with E-state index in [1.165, 1.54) is 5.56 Å². The Morgan fingerprint density at radius 1 is 1.10 bits per heavy atom. The van der Waals surface area contributed by atoms with Crippen LogP contribution in [0.15, 0.2) is 59.6 Å². The van der Waals surface area contributed by atoms with E-state index in [1.807, 2.05) is 41.8 Å². The first kappa shape index (κ1) is 20.0. The standard InChI is InChI=1S/C23H22IN5O2/c1-2-27-21(31)19-20(26-22(24)28(19)13-16-8-10-18(30)11-9-16)29-14-17(25-23(27)29)12-15-6-4-3-5-7-15/h3-11,17,30H,2,12-14H2,1H3/t17-/m1/s1. The number of rotatable bonds is 5. The number of benzene rings is 2. The summed E-state index contributed by atoms with van der Waals surface area (Å²) in [5.74, 6) is 1.54. The minimum atomic E-state index is -0.0675. The van der Waals surface area contributed by atoms with Gasteiger partial charge in [0.1, 0.15) is 5.75 Å². The number of phenolic OH excluding ortho intramolecular Hbond substituents is 1. The quantitative estimate of drug-likeness (QED) is 0.516. The third kappa shape index (κ3) is 3.58. The maximum absolute atomic E-state index is 13.4. The van der Waals surface area contributed by atoms with Crippen LogP contribution in [-0.4, -0.2) is 50.6 Å². The van der Waals surface area contributed by atoms with E-state index in [0.717, 1.165) is 15.8 Å². The molecular formula is C23H22IN5O2. The van der Waals surface area contributed by atoms with Gasteiger partial charge in [0.25, 0.3) is 5.91 Å². The van der Waals surface area contributed by atoms with E-state index in [9.17, 15) is 9.90 Å². The van der Waals surface area contributed by atoms with Gasteiger partial charge in [-0.2, -0.15) is 0 Å². The highest BCUT2D eigenvalue weighted by Gasteiger charge is 2.43. The Kier molecular flexibility index (Phi) is 5.17. The molecule has 1 N–H and O–H groups in total. The Bertz CT molecular complexity index is 1160. The Morgan fingerprint density at radius 2 is 1.84 bits per heavy atom. The van der Waals surface area contributed by atoms with Gasteiger partial charge in [-0.3, -0.25) is 14.6 Å². The number of hydrogen-bond acceptors (Lipinski definition) is 5. The number of aliphatic imine (C=N–C) groups is 1. The molecular weight excluding hydrogens is 505 g/mol. The summed E-state index contributed by atoms with van der Waals surface area (Å²) < 4.78 is 2.71. The molecule has 2 aromatic carbocycles. The summed E-state index contributed by atoms with van der Waals surface area (Å²) in [7, 11) is 0. The van der Waals surface area contributed by atoms with Crippen molar-refractivity contribution in [2.45, 2.75) is 25.9 Å². The van der Waals surface area contributed by atoms with Crippen LogP contribution in [0.2, 0.25) is 0 Å². The second-order valence-electron chi connectivity index (χ2n) is 7.74. The van der Waals surface area contributed by atoms with Crippen LogP contribution in [0.25, 0.3) is 0 Å². The molecule has 0 saturated carbocycles. The predicted molar refractivity (Wildman–Crippen MR) is 128 cm³/mol. The van der Waals surface area contributed by atoms with Gasteiger partial charge in [0.2, 0.25) is 5.96 Å². The number of anilines is 1. The fourth-order valence-electron chi connectivity index (χ4n) is 4.20. The lowest BCUT2D eigenvalue weighted by molar-refractivity contribution is 0.0836. The largest absolute Gasteiger partial charge is 0.508 e. The number of hydrogen-bond donors (Lipinski definition) is 1. The third-order valence-electron chi connectivity index (χ3n) is 5.69. The molecule has 5 rings (SSSR count). The molecule has 0 saturated heterocycles. The number of nitrogens with zero attached hydrogens (tertiary/aromatic N) is 5. The van der Waals surface area contributed by atoms with Gasteiger partial charge in [-0.1, -0.05) is 42.5 Å². The molecule has 8 heteroatoms. The average Bonchev–Trinajstić information content (AvgIpc) is 3.32. The van der Waals surface area contributed by atoms with Gasteiger partial charge in [-0.15, -0.1) is 0 Å². The fraction of sp³-hybridized carbons (Fsp3) is 0.261. The highest BCUT2D eigenvalue weighted by atomic mass is 127. The molecule has 0 radical (unpaired) electrons. The zero-order valence-corrected chi connectivity index (χ0v) is 19.2. The first-order valence-electron chi connectivity index (χ1n) is 10.3. The number of carbonyl (C=O) groups is 1. The number of guanidine groups is 1. The molecule has 0 bridgehead atoms. The molecule has 0 spiro atoms. The molecule has 1 amide bonds. The number of imidazole rings is 1. The van der Waals surface area contributed by atoms with Crippen molar-refractivity contribution in [3.05, 3.63) is 75.2 Å². The lowest BCUT2D eigenvalue weighted by Crippen LogP contribution is -2.50. The lowest BCUT2D eigenvalue weighted by Gasteiger charge is -2.33. The van der Waals surface area contributed by atoms with Crippen LogP contribution < -0.4 is 4.90 Å². The van der Waals surface area contributed by atoms with E-state index in [-0.39, 0.29) is 17.7 Å². The molecule has 3 aromatic rings. The Hall–Kier alpha value is -2.88. The maximum atomic E-state index is 13.4. The van der Waals surface area contributed by atoms with Crippen molar-refractivity contribution in [1.82, 2.24) is 14.5 Å². The highest BCUT2D eigenvalue weighted by molar-refractivity contribution is 14.1. The first-order valence-corrected chi connectivity index (χ1v) is 11.4. The van der Waals surface area contributed by atoms with Crippen molar-refractivity contribution in [2.75, 3.05) is 18.0 Å². The molecule has 2 aliphatic rings. The van der Waals surface area contributed by atoms with Crippen LogP contribution in [0, 0.1) is 3.83 Å². The number of aromatic hydroxyl groups is 1. The Morgan fingerprint density at radius 3 is 2.55 bits per heavy atom. The number of carbonyl (C=O) groups excluding carboxylic acids is 1. The monoisotopic (exact) mass is 527 g/mol. The van der Waals surface area contributed by atoms with Crippen LogP contribution >= 0.6 is 22.6 Å². The van der Waals surface area contributed by atoms with Crippen molar-refractivity contribution in [1.29, 1.82) is 0 Å². The molecule has 7 nitrogen and oxygen atoms in total. The second kappa shape index (κ2) is 7.99. The minimum Gasteiger partial charge on any atom is -0.508 e. The minimum absolute atomic E-state index is 0.0675. The summed E-state index contributed by atoms with van der Waals surface area (Å²) in [6.45, 7) is 3.73. The van der Waals surface area contributed by atoms with Gasteiger partial charge in [-0.25, -0.2) is 9.98 Å². The van der Waals surface area contributed by atoms with Crippen molar-refractivity contribution in [2.24, 2.45) is 4.99 Å². The zero-order chi connectivity index (χ0) is 21.5. The van der Waals surface area contributed by atoms with Crippen LogP contribution in [0.3, 0.4) is 0 Å². The summed E-state index contributed by atoms with van der Waals surface area (Å²) in [5.41, 5.74) is 2.83. The van der Waals surface area contributed by atoms with Crippen molar-refractivity contribution in [3.63, 3.8) is 0 Å². The van der Waals surface area contributed by atoms with Crippen LogP contribution in [-0.2, 0) is 13.0 Å². The van der Waals surface area contributed by atoms with Gasteiger partial charge in [0.05, 0.1) is 19.1 Å². The zero-order valence-electron chi connectivity index (χ0n) is 17.1. The van der Waals surface area contributed by atoms with E-state index in [1.54, 1.807) is 17.0 Å². The average molecular weight is 527 g/mol. The van der Waals surface area contributed by atoms with E-state index in [4.69, 9.17) is 9.98 Å². The molecule has 3 heterocycles. The molecule has 2 aliphatic heterocycles. The highest BCUT2D eigenvalue weighted by Crippen LogP contribution is 2.34. The fourth-order valence-corrected chi connectivity index (χ4v) is 4.84. The van der Waals surface area contributed by atoms with Gasteiger partial charge >= 0.3 is 0 Å². The molecule has 1 aromatic heterocycles. The van der Waals surface area contributed by atoms with Crippen molar-refractivity contribution < 1.29 is 9.90 Å². The third-order valence-corrected chi connectivity index (χ3v) is 6.51. The second-order valence-corrected chi connectivity index (χ2v) is 8.70. The van der Waals surface area contributed by atoms with E-state index >= 15 is 0 Å². The Labute approximate surface area is 194 Å². The molecule has 0 fully saturated rings. The topological polar surface area (TPSA) is 74.0 Å². The van der Waals surface area contributed by atoms with Crippen LogP contribution in [0.1, 0.15) is 28.5 Å². The first-order chi connectivity index (χ1) is 15.0. The number of fused-ring (bicyclic) bond motifs is 3. The van der Waals surface area contributed by atoms with Gasteiger partial charge in [-0.05, 0) is 36.6 Å². The molecule has 158 valence electrons. The van der Waals surface area contributed by atoms with Gasteiger partial charge < -0.3 is 9.67 Å². The summed E-state index contributed by atoms with van der Waals surface area (Å²) in [6.07, 6.45) is 0.827. The van der Waals surface area contributed by atoms with E-state index in [2.05, 4.69) is 39.6 Å². The SMILES string of the molecule is CCN1C(=O)c2c(nc(I)n2Cc2ccc(O)cc2)N2C[C@@H](Cc3ccccc3)N=C12. The van der Waals surface area contributed by atoms with E-state index in [0.29, 0.717) is 37.1 Å². The maximum Gasteiger partial charge on any atom is 0.281 e. The van der Waals surface area contributed by atoms with E-state index < -0.39 is 0 Å². The Balaban J connectivity index is 1.50. The summed E-state index contributed by atoms with van der Waals surface area (Å²) in [4.78, 5) is 27.0. The molecule has 31 heavy (non-hydrogen) atoms. The molecule has 1 atom stereocenters. The molecule has 0 aliphatic carbocycles. The number of amides is 1.